The molecule has 22 heavy (non-hydrogen) atoms. The Labute approximate surface area is 136 Å². The van der Waals surface area contributed by atoms with Crippen molar-refractivity contribution in [2.75, 3.05) is 5.32 Å². The van der Waals surface area contributed by atoms with E-state index in [1.807, 2.05) is 30.6 Å². The van der Waals surface area contributed by atoms with Crippen LogP contribution in [0.2, 0.25) is 0 Å². The molecule has 1 aromatic carbocycles. The number of aromatic nitrogens is 1. The van der Waals surface area contributed by atoms with Crippen molar-refractivity contribution in [2.24, 2.45) is 5.73 Å². The zero-order valence-corrected chi connectivity index (χ0v) is 13.6. The lowest BCUT2D eigenvalue weighted by Gasteiger charge is -2.09. The van der Waals surface area contributed by atoms with Crippen molar-refractivity contribution in [1.29, 1.82) is 0 Å². The normalized spacial score (nSPS) is 10.6. The molecule has 2 aromatic heterocycles. The molecule has 0 aliphatic heterocycles. The average Bonchev–Trinajstić information content (AvgIpc) is 3.17. The molecule has 6 heteroatoms. The summed E-state index contributed by atoms with van der Waals surface area (Å²) in [6, 6.07) is 9.52. The second kappa shape index (κ2) is 6.29. The second-order valence-corrected chi connectivity index (χ2v) is 6.92. The van der Waals surface area contributed by atoms with Crippen molar-refractivity contribution < 1.29 is 4.79 Å². The molecule has 0 unspecified atom stereocenters. The van der Waals surface area contributed by atoms with Gasteiger partial charge < -0.3 is 11.1 Å². The van der Waals surface area contributed by atoms with E-state index in [0.29, 0.717) is 12.1 Å². The van der Waals surface area contributed by atoms with Gasteiger partial charge in [-0.1, -0.05) is 12.1 Å². The molecule has 0 aliphatic rings. The van der Waals surface area contributed by atoms with Gasteiger partial charge in [0.15, 0.2) is 0 Å². The standard InChI is InChI=1S/C16H15N3OS2/c1-10-4-5-11(15(17)20)7-13(10)18-8-12-9-19-16(22-12)14-3-2-6-21-14/h2-7,9,18H,8H2,1H3,(H2,17,20). The fraction of sp³-hybridized carbons (Fsp3) is 0.125. The largest absolute Gasteiger partial charge is 0.380 e. The molecule has 3 N–H and O–H groups in total. The number of aryl methyl sites for hydroxylation is 1. The van der Waals surface area contributed by atoms with Gasteiger partial charge in [0, 0.05) is 22.3 Å². The van der Waals surface area contributed by atoms with Crippen LogP contribution in [0.3, 0.4) is 0 Å². The molecule has 0 saturated heterocycles. The second-order valence-electron chi connectivity index (χ2n) is 4.86. The number of nitrogens with two attached hydrogens (primary N) is 1. The van der Waals surface area contributed by atoms with Crippen molar-refractivity contribution in [2.45, 2.75) is 13.5 Å². The number of amides is 1. The molecule has 0 fully saturated rings. The third-order valence-corrected chi connectivity index (χ3v) is 5.30. The van der Waals surface area contributed by atoms with E-state index in [2.05, 4.69) is 16.4 Å². The first-order valence-electron chi connectivity index (χ1n) is 6.76. The maximum Gasteiger partial charge on any atom is 0.248 e. The van der Waals surface area contributed by atoms with Gasteiger partial charge in [0.1, 0.15) is 5.01 Å². The van der Waals surface area contributed by atoms with Gasteiger partial charge in [-0.15, -0.1) is 22.7 Å². The van der Waals surface area contributed by atoms with E-state index in [4.69, 9.17) is 5.73 Å². The van der Waals surface area contributed by atoms with Crippen LogP contribution in [0.4, 0.5) is 5.69 Å². The summed E-state index contributed by atoms with van der Waals surface area (Å²) >= 11 is 3.36. The van der Waals surface area contributed by atoms with E-state index in [1.54, 1.807) is 34.8 Å². The molecule has 2 heterocycles. The quantitative estimate of drug-likeness (QED) is 0.746. The predicted octanol–water partition coefficient (Wildman–Crippen LogP) is 3.89. The summed E-state index contributed by atoms with van der Waals surface area (Å²) in [6.45, 7) is 2.67. The molecule has 3 aromatic rings. The molecule has 0 aliphatic carbocycles. The maximum atomic E-state index is 11.3. The first-order valence-corrected chi connectivity index (χ1v) is 8.46. The third kappa shape index (κ3) is 3.18. The van der Waals surface area contributed by atoms with Gasteiger partial charge in [-0.3, -0.25) is 4.79 Å². The van der Waals surface area contributed by atoms with Gasteiger partial charge in [-0.25, -0.2) is 4.98 Å². The molecular formula is C16H15N3OS2. The van der Waals surface area contributed by atoms with Crippen LogP contribution in [0.1, 0.15) is 20.8 Å². The van der Waals surface area contributed by atoms with Crippen molar-refractivity contribution in [1.82, 2.24) is 4.98 Å². The van der Waals surface area contributed by atoms with Gasteiger partial charge in [-0.05, 0) is 36.1 Å². The van der Waals surface area contributed by atoms with Crippen molar-refractivity contribution in [3.63, 3.8) is 0 Å². The first-order chi connectivity index (χ1) is 10.6. The van der Waals surface area contributed by atoms with Gasteiger partial charge in [-0.2, -0.15) is 0 Å². The number of benzene rings is 1. The molecule has 0 spiro atoms. The molecule has 0 radical (unpaired) electrons. The van der Waals surface area contributed by atoms with E-state index < -0.39 is 5.91 Å². The Bertz CT molecular complexity index is 794. The fourth-order valence-corrected chi connectivity index (χ4v) is 3.71. The van der Waals surface area contributed by atoms with Crippen LogP contribution < -0.4 is 11.1 Å². The number of nitrogens with zero attached hydrogens (tertiary/aromatic N) is 1. The summed E-state index contributed by atoms with van der Waals surface area (Å²) in [5.74, 6) is -0.416. The Hall–Kier alpha value is -2.18. The monoisotopic (exact) mass is 329 g/mol. The van der Waals surface area contributed by atoms with Gasteiger partial charge in [0.2, 0.25) is 5.91 Å². The summed E-state index contributed by atoms with van der Waals surface area (Å²) in [4.78, 5) is 18.0. The lowest BCUT2D eigenvalue weighted by Crippen LogP contribution is -2.11. The minimum atomic E-state index is -0.416. The number of thiazole rings is 1. The fourth-order valence-electron chi connectivity index (χ4n) is 2.05. The van der Waals surface area contributed by atoms with E-state index in [1.165, 1.54) is 4.88 Å². The van der Waals surface area contributed by atoms with Crippen LogP contribution in [-0.4, -0.2) is 10.9 Å². The Kier molecular flexibility index (Phi) is 4.22. The van der Waals surface area contributed by atoms with Gasteiger partial charge in [0.25, 0.3) is 0 Å². The Morgan fingerprint density at radius 2 is 2.23 bits per heavy atom. The van der Waals surface area contributed by atoms with Crippen LogP contribution in [0.25, 0.3) is 9.88 Å². The topological polar surface area (TPSA) is 68.0 Å². The number of carbonyl (C=O) groups is 1. The summed E-state index contributed by atoms with van der Waals surface area (Å²) in [5, 5.41) is 6.43. The Balaban J connectivity index is 1.73. The zero-order valence-electron chi connectivity index (χ0n) is 12.0. The van der Waals surface area contributed by atoms with Crippen LogP contribution >= 0.6 is 22.7 Å². The molecular weight excluding hydrogens is 314 g/mol. The zero-order chi connectivity index (χ0) is 15.5. The number of thiophene rings is 1. The lowest BCUT2D eigenvalue weighted by molar-refractivity contribution is 0.100. The predicted molar refractivity (Wildman–Crippen MR) is 92.5 cm³/mol. The van der Waals surface area contributed by atoms with E-state index >= 15 is 0 Å². The highest BCUT2D eigenvalue weighted by Gasteiger charge is 2.07. The molecule has 0 atom stereocenters. The lowest BCUT2D eigenvalue weighted by atomic mass is 10.1. The number of nitrogens with one attached hydrogen (secondary N) is 1. The van der Waals surface area contributed by atoms with E-state index in [0.717, 1.165) is 21.1 Å². The smallest absolute Gasteiger partial charge is 0.248 e. The number of rotatable bonds is 5. The molecule has 0 bridgehead atoms. The number of primary amides is 1. The summed E-state index contributed by atoms with van der Waals surface area (Å²) in [6.07, 6.45) is 1.89. The molecule has 112 valence electrons. The van der Waals surface area contributed by atoms with Crippen molar-refractivity contribution >= 4 is 34.3 Å². The molecule has 0 saturated carbocycles. The van der Waals surface area contributed by atoms with Gasteiger partial charge >= 0.3 is 0 Å². The van der Waals surface area contributed by atoms with Crippen molar-refractivity contribution in [3.8, 4) is 9.88 Å². The highest BCUT2D eigenvalue weighted by Crippen LogP contribution is 2.29. The van der Waals surface area contributed by atoms with E-state index in [-0.39, 0.29) is 0 Å². The molecule has 1 amide bonds. The van der Waals surface area contributed by atoms with Crippen molar-refractivity contribution in [3.05, 3.63) is 57.9 Å². The highest BCUT2D eigenvalue weighted by molar-refractivity contribution is 7.20. The summed E-state index contributed by atoms with van der Waals surface area (Å²) in [7, 11) is 0. The maximum absolute atomic E-state index is 11.3. The van der Waals surface area contributed by atoms with Crippen LogP contribution in [-0.2, 0) is 6.54 Å². The summed E-state index contributed by atoms with van der Waals surface area (Å²) in [5.41, 5.74) is 7.83. The highest BCUT2D eigenvalue weighted by atomic mass is 32.1. The molecule has 4 nitrogen and oxygen atoms in total. The Morgan fingerprint density at radius 3 is 2.95 bits per heavy atom. The van der Waals surface area contributed by atoms with Gasteiger partial charge in [0.05, 0.1) is 11.4 Å². The van der Waals surface area contributed by atoms with E-state index in [9.17, 15) is 4.79 Å². The number of anilines is 1. The summed E-state index contributed by atoms with van der Waals surface area (Å²) < 4.78 is 0. The third-order valence-electron chi connectivity index (χ3n) is 3.26. The first kappa shape index (κ1) is 14.7. The number of hydrogen-bond donors (Lipinski definition) is 2. The minimum Gasteiger partial charge on any atom is -0.380 e. The van der Waals surface area contributed by atoms with Crippen LogP contribution in [0.15, 0.2) is 41.9 Å². The minimum absolute atomic E-state index is 0.416. The Morgan fingerprint density at radius 1 is 1.36 bits per heavy atom. The number of hydrogen-bond acceptors (Lipinski definition) is 5. The molecule has 3 rings (SSSR count). The van der Waals surface area contributed by atoms with Crippen LogP contribution in [0.5, 0.6) is 0 Å². The SMILES string of the molecule is Cc1ccc(C(N)=O)cc1NCc1cnc(-c2cccs2)s1. The van der Waals surface area contributed by atoms with Crippen LogP contribution in [0, 0.1) is 6.92 Å². The average molecular weight is 329 g/mol. The number of carbonyl (C=O) groups excluding carboxylic acids is 1.